The number of rotatable bonds is 3. The van der Waals surface area contributed by atoms with Crippen LogP contribution in [0.3, 0.4) is 0 Å². The minimum atomic E-state index is -0.269. The van der Waals surface area contributed by atoms with Gasteiger partial charge in [0, 0.05) is 21.6 Å². The molecule has 1 aromatic heterocycles. The number of hydrogen-bond acceptors (Lipinski definition) is 1. The minimum absolute atomic E-state index is 0.269. The first-order chi connectivity index (χ1) is 9.20. The molecule has 0 saturated heterocycles. The Morgan fingerprint density at radius 2 is 2.00 bits per heavy atom. The van der Waals surface area contributed by atoms with E-state index in [1.54, 1.807) is 0 Å². The van der Waals surface area contributed by atoms with Crippen LogP contribution in [0.1, 0.15) is 5.56 Å². The van der Waals surface area contributed by atoms with Gasteiger partial charge < -0.3 is 9.72 Å². The molecule has 2 aromatic carbocycles. The van der Waals surface area contributed by atoms with Gasteiger partial charge >= 0.3 is 0 Å². The number of fused-ring (bicyclic) bond motifs is 1. The summed E-state index contributed by atoms with van der Waals surface area (Å²) in [5.41, 5.74) is 1.86. The second-order valence-corrected chi connectivity index (χ2v) is 5.21. The van der Waals surface area contributed by atoms with E-state index in [0.29, 0.717) is 11.1 Å². The molecule has 0 unspecified atom stereocenters. The van der Waals surface area contributed by atoms with Gasteiger partial charge in [-0.1, -0.05) is 15.9 Å². The second-order valence-electron chi connectivity index (χ2n) is 4.29. The lowest BCUT2D eigenvalue weighted by molar-refractivity contribution is 0.306. The summed E-state index contributed by atoms with van der Waals surface area (Å²) in [6.07, 6.45) is 1.89. The van der Waals surface area contributed by atoms with Crippen molar-refractivity contribution in [3.63, 3.8) is 0 Å². The van der Waals surface area contributed by atoms with Crippen molar-refractivity contribution >= 4 is 26.8 Å². The lowest BCUT2D eigenvalue weighted by atomic mass is 10.2. The number of ether oxygens (including phenoxy) is 1. The molecule has 0 bridgehead atoms. The molecule has 3 aromatic rings. The summed E-state index contributed by atoms with van der Waals surface area (Å²) < 4.78 is 19.6. The molecule has 1 heterocycles. The van der Waals surface area contributed by atoms with Gasteiger partial charge in [0.25, 0.3) is 0 Å². The lowest BCUT2D eigenvalue weighted by Crippen LogP contribution is -1.96. The molecule has 0 saturated carbocycles. The molecule has 0 fully saturated rings. The fourth-order valence-corrected chi connectivity index (χ4v) is 2.49. The molecule has 0 aliphatic heterocycles. The van der Waals surface area contributed by atoms with Crippen molar-refractivity contribution in [2.45, 2.75) is 6.61 Å². The number of aromatic nitrogens is 1. The highest BCUT2D eigenvalue weighted by Gasteiger charge is 2.02. The van der Waals surface area contributed by atoms with Crippen LogP contribution < -0.4 is 4.74 Å². The molecule has 0 amide bonds. The molecule has 19 heavy (non-hydrogen) atoms. The molecule has 3 rings (SSSR count). The van der Waals surface area contributed by atoms with E-state index in [-0.39, 0.29) is 5.82 Å². The van der Waals surface area contributed by atoms with Crippen molar-refractivity contribution in [2.75, 3.05) is 0 Å². The summed E-state index contributed by atoms with van der Waals surface area (Å²) in [5.74, 6) is 0.501. The van der Waals surface area contributed by atoms with Gasteiger partial charge in [0.05, 0.1) is 0 Å². The highest BCUT2D eigenvalue weighted by atomic mass is 79.9. The molecule has 96 valence electrons. The summed E-state index contributed by atoms with van der Waals surface area (Å²) in [6.45, 7) is 0.340. The highest BCUT2D eigenvalue weighted by Crippen LogP contribution is 2.21. The number of H-pyrrole nitrogens is 1. The Morgan fingerprint density at radius 1 is 1.11 bits per heavy atom. The fourth-order valence-electron chi connectivity index (χ4n) is 1.98. The second kappa shape index (κ2) is 5.05. The molecule has 0 radical (unpaired) electrons. The maximum Gasteiger partial charge on any atom is 0.124 e. The van der Waals surface area contributed by atoms with Gasteiger partial charge in [-0.05, 0) is 48.0 Å². The first-order valence-corrected chi connectivity index (χ1v) is 6.65. The number of halogens is 2. The summed E-state index contributed by atoms with van der Waals surface area (Å²) in [7, 11) is 0. The van der Waals surface area contributed by atoms with E-state index in [0.717, 1.165) is 22.2 Å². The van der Waals surface area contributed by atoms with E-state index in [1.165, 1.54) is 12.1 Å². The largest absolute Gasteiger partial charge is 0.489 e. The molecule has 0 spiro atoms. The van der Waals surface area contributed by atoms with Crippen LogP contribution in [0.4, 0.5) is 4.39 Å². The Balaban J connectivity index is 1.77. The molecular weight excluding hydrogens is 309 g/mol. The maximum absolute atomic E-state index is 13.2. The lowest BCUT2D eigenvalue weighted by Gasteiger charge is -2.07. The summed E-state index contributed by atoms with van der Waals surface area (Å²) >= 11 is 3.27. The number of nitrogens with one attached hydrogen (secondary N) is 1. The minimum Gasteiger partial charge on any atom is -0.489 e. The van der Waals surface area contributed by atoms with Gasteiger partial charge in [-0.2, -0.15) is 0 Å². The molecular formula is C15H11BrFNO. The first-order valence-electron chi connectivity index (χ1n) is 5.86. The van der Waals surface area contributed by atoms with Crippen molar-refractivity contribution in [3.8, 4) is 5.75 Å². The van der Waals surface area contributed by atoms with Crippen LogP contribution in [0, 0.1) is 5.82 Å². The normalized spacial score (nSPS) is 10.8. The molecule has 0 aliphatic rings. The van der Waals surface area contributed by atoms with Gasteiger partial charge in [0.15, 0.2) is 0 Å². The average molecular weight is 320 g/mol. The zero-order chi connectivity index (χ0) is 13.2. The molecule has 0 atom stereocenters. The zero-order valence-corrected chi connectivity index (χ0v) is 11.6. The summed E-state index contributed by atoms with van der Waals surface area (Å²) in [4.78, 5) is 3.12. The number of hydrogen-bond donors (Lipinski definition) is 1. The average Bonchev–Trinajstić information content (AvgIpc) is 2.82. The van der Waals surface area contributed by atoms with Gasteiger partial charge in [0.2, 0.25) is 0 Å². The Hall–Kier alpha value is -1.81. The Morgan fingerprint density at radius 3 is 2.84 bits per heavy atom. The van der Waals surface area contributed by atoms with Crippen LogP contribution in [-0.2, 0) is 6.61 Å². The highest BCUT2D eigenvalue weighted by molar-refractivity contribution is 9.10. The van der Waals surface area contributed by atoms with Crippen LogP contribution in [0.2, 0.25) is 0 Å². The van der Waals surface area contributed by atoms with E-state index in [2.05, 4.69) is 20.9 Å². The third kappa shape index (κ3) is 2.79. The standard InChI is InChI=1S/C15H11BrFNO/c16-12-5-10(6-13(17)8-12)9-19-14-1-2-15-11(7-14)3-4-18-15/h1-8,18H,9H2. The smallest absolute Gasteiger partial charge is 0.124 e. The van der Waals surface area contributed by atoms with Crippen LogP contribution in [0.5, 0.6) is 5.75 Å². The van der Waals surface area contributed by atoms with Crippen molar-refractivity contribution in [1.29, 1.82) is 0 Å². The summed E-state index contributed by atoms with van der Waals surface area (Å²) in [6, 6.07) is 12.5. The fraction of sp³-hybridized carbons (Fsp3) is 0.0667. The van der Waals surface area contributed by atoms with Crippen LogP contribution in [0.15, 0.2) is 53.1 Å². The third-order valence-electron chi connectivity index (χ3n) is 2.85. The van der Waals surface area contributed by atoms with E-state index in [4.69, 9.17) is 4.74 Å². The molecule has 0 aliphatic carbocycles. The van der Waals surface area contributed by atoms with Gasteiger partial charge in [0.1, 0.15) is 18.2 Å². The Labute approximate surface area is 118 Å². The predicted octanol–water partition coefficient (Wildman–Crippen LogP) is 4.65. The maximum atomic E-state index is 13.2. The SMILES string of the molecule is Fc1cc(Br)cc(COc2ccc3[nH]ccc3c2)c1. The van der Waals surface area contributed by atoms with E-state index < -0.39 is 0 Å². The summed E-state index contributed by atoms with van der Waals surface area (Å²) in [5, 5.41) is 1.10. The van der Waals surface area contributed by atoms with Gasteiger partial charge in [-0.15, -0.1) is 0 Å². The quantitative estimate of drug-likeness (QED) is 0.747. The van der Waals surface area contributed by atoms with Crippen molar-refractivity contribution < 1.29 is 9.13 Å². The van der Waals surface area contributed by atoms with E-state index in [9.17, 15) is 4.39 Å². The van der Waals surface area contributed by atoms with E-state index >= 15 is 0 Å². The topological polar surface area (TPSA) is 25.0 Å². The Kier molecular flexibility index (Phi) is 3.25. The van der Waals surface area contributed by atoms with Crippen LogP contribution in [-0.4, -0.2) is 4.98 Å². The third-order valence-corrected chi connectivity index (χ3v) is 3.31. The van der Waals surface area contributed by atoms with Gasteiger partial charge in [-0.3, -0.25) is 0 Å². The number of benzene rings is 2. The Bertz CT molecular complexity index is 703. The monoisotopic (exact) mass is 319 g/mol. The van der Waals surface area contributed by atoms with Gasteiger partial charge in [-0.25, -0.2) is 4.39 Å². The molecule has 1 N–H and O–H groups in total. The van der Waals surface area contributed by atoms with Crippen molar-refractivity contribution in [2.24, 2.45) is 0 Å². The molecule has 2 nitrogen and oxygen atoms in total. The van der Waals surface area contributed by atoms with Crippen LogP contribution in [0.25, 0.3) is 10.9 Å². The predicted molar refractivity (Wildman–Crippen MR) is 76.7 cm³/mol. The van der Waals surface area contributed by atoms with E-state index in [1.807, 2.05) is 36.5 Å². The van der Waals surface area contributed by atoms with Crippen molar-refractivity contribution in [3.05, 3.63) is 64.5 Å². The van der Waals surface area contributed by atoms with Crippen molar-refractivity contribution in [1.82, 2.24) is 4.98 Å². The molecule has 4 heteroatoms. The number of aromatic amines is 1. The zero-order valence-electron chi connectivity index (χ0n) is 9.99. The van der Waals surface area contributed by atoms with Crippen LogP contribution >= 0.6 is 15.9 Å². The first kappa shape index (κ1) is 12.2.